The van der Waals surface area contributed by atoms with Crippen LogP contribution in [-0.4, -0.2) is 51.4 Å². The van der Waals surface area contributed by atoms with E-state index in [1.807, 2.05) is 19.1 Å². The Bertz CT molecular complexity index is 1060. The first kappa shape index (κ1) is 22.1. The number of ether oxygens (including phenoxy) is 1. The van der Waals surface area contributed by atoms with E-state index in [9.17, 15) is 14.7 Å². The first-order chi connectivity index (χ1) is 14.8. The van der Waals surface area contributed by atoms with E-state index in [1.54, 1.807) is 66.9 Å². The first-order valence-corrected chi connectivity index (χ1v) is 10.2. The van der Waals surface area contributed by atoms with E-state index >= 15 is 0 Å². The molecule has 0 saturated carbocycles. The lowest BCUT2D eigenvalue weighted by Gasteiger charge is -2.25. The molecule has 3 aromatic rings. The highest BCUT2D eigenvalue weighted by molar-refractivity contribution is 5.94. The molecule has 7 heteroatoms. The fraction of sp³-hybridized carbons (Fsp3) is 0.292. The van der Waals surface area contributed by atoms with Crippen molar-refractivity contribution in [3.05, 3.63) is 77.1 Å². The molecular formula is C24H27N3O4. The van der Waals surface area contributed by atoms with E-state index < -0.39 is 5.97 Å². The van der Waals surface area contributed by atoms with Gasteiger partial charge in [0.1, 0.15) is 11.3 Å². The van der Waals surface area contributed by atoms with Crippen LogP contribution in [0.1, 0.15) is 45.8 Å². The lowest BCUT2D eigenvalue weighted by Crippen LogP contribution is -2.36. The smallest absolute Gasteiger partial charge is 0.341 e. The van der Waals surface area contributed by atoms with E-state index in [4.69, 9.17) is 4.74 Å². The summed E-state index contributed by atoms with van der Waals surface area (Å²) < 4.78 is 6.70. The molecule has 1 N–H and O–H groups in total. The minimum atomic E-state index is -0.401. The van der Waals surface area contributed by atoms with E-state index in [0.29, 0.717) is 29.8 Å². The number of rotatable bonds is 7. The molecule has 0 aliphatic carbocycles. The second-order valence-corrected chi connectivity index (χ2v) is 7.46. The molecule has 0 fully saturated rings. The highest BCUT2D eigenvalue weighted by Crippen LogP contribution is 2.18. The minimum absolute atomic E-state index is 0.0165. The van der Waals surface area contributed by atoms with Crippen molar-refractivity contribution in [1.29, 1.82) is 0 Å². The highest BCUT2D eigenvalue weighted by atomic mass is 16.5. The summed E-state index contributed by atoms with van der Waals surface area (Å²) in [6, 6.07) is 14.1. The predicted molar refractivity (Wildman–Crippen MR) is 118 cm³/mol. The Kier molecular flexibility index (Phi) is 6.74. The van der Waals surface area contributed by atoms with Crippen LogP contribution in [0.2, 0.25) is 0 Å². The van der Waals surface area contributed by atoms with Crippen molar-refractivity contribution in [2.24, 2.45) is 0 Å². The molecule has 2 aromatic carbocycles. The van der Waals surface area contributed by atoms with Crippen molar-refractivity contribution in [1.82, 2.24) is 14.7 Å². The van der Waals surface area contributed by atoms with Gasteiger partial charge >= 0.3 is 5.97 Å². The molecule has 0 spiro atoms. The Morgan fingerprint density at radius 2 is 1.77 bits per heavy atom. The van der Waals surface area contributed by atoms with E-state index in [-0.39, 0.29) is 17.7 Å². The van der Waals surface area contributed by atoms with Crippen LogP contribution in [0.15, 0.2) is 54.7 Å². The summed E-state index contributed by atoms with van der Waals surface area (Å²) in [7, 11) is 1.78. The molecule has 7 nitrogen and oxygen atoms in total. The number of phenolic OH excluding ortho intramolecular Hbond substituents is 1. The van der Waals surface area contributed by atoms with Crippen LogP contribution in [0, 0.1) is 6.92 Å². The van der Waals surface area contributed by atoms with Gasteiger partial charge in [-0.1, -0.05) is 12.1 Å². The van der Waals surface area contributed by atoms with Crippen molar-refractivity contribution in [2.45, 2.75) is 33.2 Å². The van der Waals surface area contributed by atoms with Crippen LogP contribution in [-0.2, 0) is 11.2 Å². The molecule has 0 saturated heterocycles. The maximum atomic E-state index is 12.9. The molecule has 0 radical (unpaired) electrons. The maximum absolute atomic E-state index is 12.9. The van der Waals surface area contributed by atoms with Crippen molar-refractivity contribution in [3.63, 3.8) is 0 Å². The minimum Gasteiger partial charge on any atom is -0.508 e. The topological polar surface area (TPSA) is 84.7 Å². The molecule has 3 rings (SSSR count). The molecule has 31 heavy (non-hydrogen) atoms. The van der Waals surface area contributed by atoms with Gasteiger partial charge in [0.15, 0.2) is 0 Å². The van der Waals surface area contributed by atoms with E-state index in [2.05, 4.69) is 5.10 Å². The number of carbonyl (C=O) groups is 2. The lowest BCUT2D eigenvalue weighted by atomic mass is 10.1. The molecule has 1 atom stereocenters. The van der Waals surface area contributed by atoms with Crippen LogP contribution in [0.3, 0.4) is 0 Å². The van der Waals surface area contributed by atoms with E-state index in [1.165, 1.54) is 6.20 Å². The van der Waals surface area contributed by atoms with Crippen LogP contribution in [0.5, 0.6) is 5.75 Å². The van der Waals surface area contributed by atoms with Crippen molar-refractivity contribution in [3.8, 4) is 11.4 Å². The summed E-state index contributed by atoms with van der Waals surface area (Å²) in [4.78, 5) is 26.6. The number of esters is 1. The third-order valence-corrected chi connectivity index (χ3v) is 5.31. The number of aromatic hydroxyl groups is 1. The number of amides is 1. The zero-order chi connectivity index (χ0) is 22.5. The quantitative estimate of drug-likeness (QED) is 0.587. The predicted octanol–water partition coefficient (Wildman–Crippen LogP) is 3.77. The SMILES string of the molecule is CCOC(=O)c1cnn(-c2ccc(C(=O)N(C)[C@H](C)Cc3ccc(O)cc3)cc2)c1C. The van der Waals surface area contributed by atoms with Gasteiger partial charge in [0.05, 0.1) is 24.2 Å². The molecule has 1 amide bonds. The number of hydrogen-bond donors (Lipinski definition) is 1. The molecule has 1 aromatic heterocycles. The summed E-state index contributed by atoms with van der Waals surface area (Å²) in [6.45, 7) is 5.86. The zero-order valence-electron chi connectivity index (χ0n) is 18.2. The highest BCUT2D eigenvalue weighted by Gasteiger charge is 2.19. The van der Waals surface area contributed by atoms with Crippen LogP contribution in [0.25, 0.3) is 5.69 Å². The molecule has 0 bridgehead atoms. The Labute approximate surface area is 181 Å². The van der Waals surface area contributed by atoms with Crippen molar-refractivity contribution >= 4 is 11.9 Å². The first-order valence-electron chi connectivity index (χ1n) is 10.2. The number of aromatic nitrogens is 2. The molecule has 0 aliphatic heterocycles. The van der Waals surface area contributed by atoms with Crippen LogP contribution < -0.4 is 0 Å². The number of benzene rings is 2. The number of carbonyl (C=O) groups excluding carboxylic acids is 2. The number of nitrogens with zero attached hydrogens (tertiary/aromatic N) is 3. The van der Waals surface area contributed by atoms with E-state index in [0.717, 1.165) is 11.3 Å². The monoisotopic (exact) mass is 421 g/mol. The van der Waals surface area contributed by atoms with Gasteiger partial charge in [0, 0.05) is 18.7 Å². The second kappa shape index (κ2) is 9.47. The molecule has 0 aliphatic rings. The fourth-order valence-electron chi connectivity index (χ4n) is 3.34. The van der Waals surface area contributed by atoms with Gasteiger partial charge < -0.3 is 14.7 Å². The van der Waals surface area contributed by atoms with Gasteiger partial charge in [-0.2, -0.15) is 5.10 Å². The zero-order valence-corrected chi connectivity index (χ0v) is 18.2. The largest absolute Gasteiger partial charge is 0.508 e. The van der Waals surface area contributed by atoms with Gasteiger partial charge in [-0.05, 0) is 69.2 Å². The summed E-state index contributed by atoms with van der Waals surface area (Å²) >= 11 is 0. The Morgan fingerprint density at radius 3 is 2.39 bits per heavy atom. The van der Waals surface area contributed by atoms with Gasteiger partial charge in [-0.15, -0.1) is 0 Å². The van der Waals surface area contributed by atoms with Crippen LogP contribution >= 0.6 is 0 Å². The molecule has 1 heterocycles. The lowest BCUT2D eigenvalue weighted by molar-refractivity contribution is 0.0525. The van der Waals surface area contributed by atoms with Crippen LogP contribution in [0.4, 0.5) is 0 Å². The summed E-state index contributed by atoms with van der Waals surface area (Å²) in [5.74, 6) is -0.257. The third-order valence-electron chi connectivity index (χ3n) is 5.31. The van der Waals surface area contributed by atoms with Gasteiger partial charge in [-0.3, -0.25) is 4.79 Å². The summed E-state index contributed by atoms with van der Waals surface area (Å²) in [5.41, 5.74) is 3.47. The van der Waals surface area contributed by atoms with Gasteiger partial charge in [0.25, 0.3) is 5.91 Å². The Hall–Kier alpha value is -3.61. The summed E-state index contributed by atoms with van der Waals surface area (Å²) in [5, 5.41) is 13.7. The summed E-state index contributed by atoms with van der Waals surface area (Å²) in [6.07, 6.45) is 2.18. The molecular weight excluding hydrogens is 394 g/mol. The fourth-order valence-corrected chi connectivity index (χ4v) is 3.34. The van der Waals surface area contributed by atoms with Crippen molar-refractivity contribution in [2.75, 3.05) is 13.7 Å². The van der Waals surface area contributed by atoms with Gasteiger partial charge in [0.2, 0.25) is 0 Å². The Balaban J connectivity index is 1.71. The van der Waals surface area contributed by atoms with Gasteiger partial charge in [-0.25, -0.2) is 9.48 Å². The molecule has 162 valence electrons. The normalized spacial score (nSPS) is 11.7. The van der Waals surface area contributed by atoms with Crippen molar-refractivity contribution < 1.29 is 19.4 Å². The number of phenols is 1. The average molecular weight is 421 g/mol. The second-order valence-electron chi connectivity index (χ2n) is 7.46. The molecule has 0 unspecified atom stereocenters. The number of hydrogen-bond acceptors (Lipinski definition) is 5. The Morgan fingerprint density at radius 1 is 1.13 bits per heavy atom. The number of likely N-dealkylation sites (N-methyl/N-ethyl adjacent to an activating group) is 1. The average Bonchev–Trinajstić information content (AvgIpc) is 3.16. The third kappa shape index (κ3) is 4.94. The maximum Gasteiger partial charge on any atom is 0.341 e. The standard InChI is InChI=1S/C24H27N3O4/c1-5-31-24(30)22-15-25-27(17(22)3)20-10-8-19(9-11-20)23(29)26(4)16(2)14-18-6-12-21(28)13-7-18/h6-13,15-16,28H,5,14H2,1-4H3/t16-/m1/s1.